The van der Waals surface area contributed by atoms with Gasteiger partial charge in [-0.2, -0.15) is 0 Å². The molecule has 1 heterocycles. The maximum absolute atomic E-state index is 12.5. The largest absolute Gasteiger partial charge is 0.481 e. The van der Waals surface area contributed by atoms with Crippen LogP contribution in [-0.2, 0) is 4.79 Å². The van der Waals surface area contributed by atoms with Gasteiger partial charge in [0.25, 0.3) is 5.91 Å². The van der Waals surface area contributed by atoms with Crippen molar-refractivity contribution in [2.45, 2.75) is 20.3 Å². The van der Waals surface area contributed by atoms with Crippen molar-refractivity contribution in [3.05, 3.63) is 90.2 Å². The van der Waals surface area contributed by atoms with E-state index in [9.17, 15) is 19.5 Å². The van der Waals surface area contributed by atoms with E-state index in [4.69, 9.17) is 4.42 Å². The number of carboxylic acid groups (broad SMARTS) is 1. The predicted octanol–water partition coefficient (Wildman–Crippen LogP) is 6.04. The molecular weight excluding hydrogens is 418 g/mol. The maximum Gasteiger partial charge on any atom is 0.309 e. The topological polar surface area (TPSA) is 96.6 Å². The first-order chi connectivity index (χ1) is 15.7. The fourth-order valence-electron chi connectivity index (χ4n) is 3.46. The third-order valence-corrected chi connectivity index (χ3v) is 5.51. The molecule has 1 aromatic heterocycles. The average molecular weight is 441 g/mol. The highest BCUT2D eigenvalue weighted by molar-refractivity contribution is 6.04. The number of furan rings is 1. The number of nitrogens with one attached hydrogen (secondary N) is 1. The number of ketones is 1. The van der Waals surface area contributed by atoms with E-state index in [2.05, 4.69) is 5.32 Å². The summed E-state index contributed by atoms with van der Waals surface area (Å²) in [7, 11) is 0. The molecule has 3 aromatic carbocycles. The first-order valence-electron chi connectivity index (χ1n) is 10.5. The highest BCUT2D eigenvalue weighted by Crippen LogP contribution is 2.26. The van der Waals surface area contributed by atoms with E-state index < -0.39 is 11.4 Å². The number of hydrogen-bond acceptors (Lipinski definition) is 4. The highest BCUT2D eigenvalue weighted by Gasteiger charge is 2.30. The van der Waals surface area contributed by atoms with Gasteiger partial charge >= 0.3 is 5.97 Å². The lowest BCUT2D eigenvalue weighted by Gasteiger charge is -2.17. The molecule has 6 nitrogen and oxygen atoms in total. The number of carboxylic acids is 1. The Morgan fingerprint density at radius 1 is 0.879 bits per heavy atom. The lowest BCUT2D eigenvalue weighted by Crippen LogP contribution is -2.26. The Morgan fingerprint density at radius 2 is 1.48 bits per heavy atom. The monoisotopic (exact) mass is 441 g/mol. The highest BCUT2D eigenvalue weighted by atomic mass is 16.4. The summed E-state index contributed by atoms with van der Waals surface area (Å²) in [6, 6.07) is 23.5. The molecule has 4 aromatic rings. The van der Waals surface area contributed by atoms with Gasteiger partial charge < -0.3 is 14.8 Å². The van der Waals surface area contributed by atoms with Gasteiger partial charge in [0.1, 0.15) is 5.58 Å². The molecule has 0 bridgehead atoms. The quantitative estimate of drug-likeness (QED) is 0.341. The van der Waals surface area contributed by atoms with Crippen LogP contribution in [0.4, 0.5) is 5.69 Å². The Balaban J connectivity index is 1.43. The van der Waals surface area contributed by atoms with Gasteiger partial charge in [0.05, 0.1) is 5.41 Å². The molecular formula is C27H23NO5. The first-order valence-corrected chi connectivity index (χ1v) is 10.5. The van der Waals surface area contributed by atoms with Crippen LogP contribution < -0.4 is 5.32 Å². The lowest BCUT2D eigenvalue weighted by molar-refractivity contribution is -0.146. The number of aliphatic carboxylic acids is 1. The van der Waals surface area contributed by atoms with Crippen LogP contribution in [-0.4, -0.2) is 22.8 Å². The van der Waals surface area contributed by atoms with Gasteiger partial charge in [-0.3, -0.25) is 14.4 Å². The average Bonchev–Trinajstić information content (AvgIpc) is 3.24. The third kappa shape index (κ3) is 4.85. The molecule has 0 aliphatic rings. The minimum Gasteiger partial charge on any atom is -0.481 e. The number of Topliss-reactive ketones (excluding diaryl/α,β-unsaturated/α-hetero) is 1. The number of benzene rings is 3. The predicted molar refractivity (Wildman–Crippen MR) is 126 cm³/mol. The molecule has 0 saturated carbocycles. The summed E-state index contributed by atoms with van der Waals surface area (Å²) < 4.78 is 5.60. The number of carbonyl (C=O) groups excluding carboxylic acids is 2. The zero-order chi connectivity index (χ0) is 23.6. The fourth-order valence-corrected chi connectivity index (χ4v) is 3.46. The van der Waals surface area contributed by atoms with E-state index in [1.54, 1.807) is 30.3 Å². The maximum atomic E-state index is 12.5. The minimum atomic E-state index is -1.11. The molecule has 0 spiro atoms. The Hall–Kier alpha value is -4.19. The van der Waals surface area contributed by atoms with E-state index in [1.807, 2.05) is 48.5 Å². The van der Waals surface area contributed by atoms with Gasteiger partial charge in [-0.25, -0.2) is 0 Å². The van der Waals surface area contributed by atoms with Crippen molar-refractivity contribution in [1.29, 1.82) is 0 Å². The van der Waals surface area contributed by atoms with Crippen LogP contribution in [0.2, 0.25) is 0 Å². The molecule has 0 aliphatic carbocycles. The van der Waals surface area contributed by atoms with E-state index >= 15 is 0 Å². The Bertz CT molecular complexity index is 1300. The standard InChI is InChI=1S/C27H23NO5/c1-27(2,26(31)32)16-22(29)19-9-7-17(8-10-19)18-11-13-21(14-12-18)28-25(30)24-15-20-5-3-4-6-23(20)33-24/h3-15H,16H2,1-2H3,(H,28,30)(H,31,32). The summed E-state index contributed by atoms with van der Waals surface area (Å²) in [6.45, 7) is 3.08. The van der Waals surface area contributed by atoms with Crippen LogP contribution >= 0.6 is 0 Å². The Kier molecular flexibility index (Phi) is 5.84. The molecule has 4 rings (SSSR count). The van der Waals surface area contributed by atoms with E-state index in [-0.39, 0.29) is 23.9 Å². The summed E-state index contributed by atoms with van der Waals surface area (Å²) in [6.07, 6.45) is -0.0681. The van der Waals surface area contributed by atoms with Gasteiger partial charge in [0, 0.05) is 23.1 Å². The van der Waals surface area contributed by atoms with Crippen LogP contribution in [0.5, 0.6) is 0 Å². The molecule has 0 fully saturated rings. The molecule has 0 atom stereocenters. The van der Waals surface area contributed by atoms with Gasteiger partial charge in [-0.15, -0.1) is 0 Å². The van der Waals surface area contributed by atoms with Crippen LogP contribution in [0.25, 0.3) is 22.1 Å². The lowest BCUT2D eigenvalue weighted by atomic mass is 9.85. The molecule has 0 radical (unpaired) electrons. The first kappa shape index (κ1) is 22.0. The van der Waals surface area contributed by atoms with Crippen molar-refractivity contribution in [3.63, 3.8) is 0 Å². The SMILES string of the molecule is CC(C)(CC(=O)c1ccc(-c2ccc(NC(=O)c3cc4ccccc4o3)cc2)cc1)C(=O)O. The van der Waals surface area contributed by atoms with Crippen LogP contribution in [0.1, 0.15) is 41.2 Å². The molecule has 0 saturated heterocycles. The normalized spacial score (nSPS) is 11.3. The molecule has 6 heteroatoms. The smallest absolute Gasteiger partial charge is 0.309 e. The van der Waals surface area contributed by atoms with Gasteiger partial charge in [-0.05, 0) is 49.2 Å². The third-order valence-electron chi connectivity index (χ3n) is 5.51. The van der Waals surface area contributed by atoms with Crippen molar-refractivity contribution in [1.82, 2.24) is 0 Å². The molecule has 0 aliphatic heterocycles. The summed E-state index contributed by atoms with van der Waals surface area (Å²) in [5, 5.41) is 12.9. The zero-order valence-electron chi connectivity index (χ0n) is 18.3. The Labute approximate surface area is 190 Å². The number of anilines is 1. The number of para-hydroxylation sites is 1. The molecule has 2 N–H and O–H groups in total. The van der Waals surface area contributed by atoms with Crippen molar-refractivity contribution in [3.8, 4) is 11.1 Å². The van der Waals surface area contributed by atoms with Crippen LogP contribution in [0.3, 0.4) is 0 Å². The molecule has 0 unspecified atom stereocenters. The van der Waals surface area contributed by atoms with Crippen LogP contribution in [0, 0.1) is 5.41 Å². The van der Waals surface area contributed by atoms with E-state index in [0.717, 1.165) is 16.5 Å². The minimum absolute atomic E-state index is 0.0681. The fraction of sp³-hybridized carbons (Fsp3) is 0.148. The second-order valence-corrected chi connectivity index (χ2v) is 8.55. The van der Waals surface area contributed by atoms with Gasteiger partial charge in [0.2, 0.25) is 0 Å². The molecule has 1 amide bonds. The van der Waals surface area contributed by atoms with Gasteiger partial charge in [-0.1, -0.05) is 54.6 Å². The number of fused-ring (bicyclic) bond motifs is 1. The number of amides is 1. The van der Waals surface area contributed by atoms with Crippen molar-refractivity contribution < 1.29 is 23.9 Å². The van der Waals surface area contributed by atoms with Crippen LogP contribution in [0.15, 0.2) is 83.3 Å². The van der Waals surface area contributed by atoms with E-state index in [0.29, 0.717) is 16.8 Å². The zero-order valence-corrected chi connectivity index (χ0v) is 18.3. The molecule has 166 valence electrons. The Morgan fingerprint density at radius 3 is 2.09 bits per heavy atom. The van der Waals surface area contributed by atoms with Gasteiger partial charge in [0.15, 0.2) is 11.5 Å². The van der Waals surface area contributed by atoms with Crippen molar-refractivity contribution in [2.75, 3.05) is 5.32 Å². The number of hydrogen-bond donors (Lipinski definition) is 2. The number of carbonyl (C=O) groups is 3. The summed E-state index contributed by atoms with van der Waals surface area (Å²) in [5.74, 6) is -1.30. The van der Waals surface area contributed by atoms with Crippen molar-refractivity contribution in [2.24, 2.45) is 5.41 Å². The molecule has 33 heavy (non-hydrogen) atoms. The van der Waals surface area contributed by atoms with Crippen molar-refractivity contribution >= 4 is 34.3 Å². The summed E-state index contributed by atoms with van der Waals surface area (Å²) in [4.78, 5) is 36.2. The second kappa shape index (κ2) is 8.74. The second-order valence-electron chi connectivity index (χ2n) is 8.55. The van der Waals surface area contributed by atoms with E-state index in [1.165, 1.54) is 13.8 Å². The summed E-state index contributed by atoms with van der Waals surface area (Å²) >= 11 is 0. The number of rotatable bonds is 7. The summed E-state index contributed by atoms with van der Waals surface area (Å²) in [5.41, 5.74) is 2.47.